The largest absolute Gasteiger partial charge is 0.355 e. The molecule has 3 aromatic rings. The number of rotatable bonds is 9. The second-order valence-corrected chi connectivity index (χ2v) is 8.06. The molecule has 26 heavy (non-hydrogen) atoms. The van der Waals surface area contributed by atoms with Crippen LogP contribution in [0.4, 0.5) is 0 Å². The molecule has 0 aliphatic heterocycles. The van der Waals surface area contributed by atoms with E-state index in [1.54, 1.807) is 11.3 Å². The predicted molar refractivity (Wildman–Crippen MR) is 111 cm³/mol. The van der Waals surface area contributed by atoms with Gasteiger partial charge in [-0.2, -0.15) is 16.9 Å². The van der Waals surface area contributed by atoms with Gasteiger partial charge in [0.15, 0.2) is 10.6 Å². The van der Waals surface area contributed by atoms with Gasteiger partial charge >= 0.3 is 0 Å². The maximum atomic E-state index is 12.1. The van der Waals surface area contributed by atoms with Gasteiger partial charge in [-0.05, 0) is 29.2 Å². The molecule has 0 saturated heterocycles. The van der Waals surface area contributed by atoms with Gasteiger partial charge in [0.2, 0.25) is 5.91 Å². The number of aromatic amines is 1. The maximum absolute atomic E-state index is 12.1. The summed E-state index contributed by atoms with van der Waals surface area (Å²) in [5, 5.41) is 12.1. The molecule has 2 heterocycles. The molecule has 0 bridgehead atoms. The summed E-state index contributed by atoms with van der Waals surface area (Å²) in [7, 11) is 0. The van der Waals surface area contributed by atoms with Crippen molar-refractivity contribution in [2.75, 3.05) is 12.3 Å². The summed E-state index contributed by atoms with van der Waals surface area (Å²) in [5.41, 5.74) is 1.30. The summed E-state index contributed by atoms with van der Waals surface area (Å²) in [6, 6.07) is 14.3. The van der Waals surface area contributed by atoms with E-state index in [-0.39, 0.29) is 5.91 Å². The number of hydrogen-bond donors (Lipinski definition) is 2. The van der Waals surface area contributed by atoms with Crippen LogP contribution >= 0.6 is 35.3 Å². The minimum absolute atomic E-state index is 0.0329. The molecule has 1 aromatic carbocycles. The summed E-state index contributed by atoms with van der Waals surface area (Å²) >= 11 is 8.70. The third-order valence-corrected chi connectivity index (χ3v) is 5.95. The molecule has 1 amide bonds. The zero-order valence-corrected chi connectivity index (χ0v) is 16.6. The van der Waals surface area contributed by atoms with Crippen LogP contribution in [0.2, 0.25) is 0 Å². The molecule has 0 radical (unpaired) electrons. The van der Waals surface area contributed by atoms with Crippen LogP contribution in [0.1, 0.15) is 12.0 Å². The van der Waals surface area contributed by atoms with Gasteiger partial charge < -0.3 is 5.32 Å². The van der Waals surface area contributed by atoms with E-state index in [9.17, 15) is 4.79 Å². The molecule has 3 rings (SSSR count). The van der Waals surface area contributed by atoms with E-state index in [1.807, 2.05) is 52.0 Å². The first kappa shape index (κ1) is 18.9. The van der Waals surface area contributed by atoms with E-state index in [0.717, 1.165) is 22.2 Å². The Kier molecular flexibility index (Phi) is 7.04. The zero-order chi connectivity index (χ0) is 18.2. The third-order valence-electron chi connectivity index (χ3n) is 3.74. The fourth-order valence-corrected chi connectivity index (χ4v) is 4.21. The van der Waals surface area contributed by atoms with Crippen LogP contribution in [-0.2, 0) is 17.1 Å². The summed E-state index contributed by atoms with van der Waals surface area (Å²) in [6.45, 7) is 1.19. The molecule has 136 valence electrons. The first-order valence-electron chi connectivity index (χ1n) is 8.31. The molecule has 8 heteroatoms. The third kappa shape index (κ3) is 5.30. The first-order chi connectivity index (χ1) is 12.7. The molecule has 0 unspecified atom stereocenters. The van der Waals surface area contributed by atoms with Crippen molar-refractivity contribution in [3.05, 3.63) is 58.2 Å². The molecule has 0 atom stereocenters. The molecule has 0 aliphatic carbocycles. The number of hydrogen-bond acceptors (Lipinski definition) is 5. The highest BCUT2D eigenvalue weighted by Crippen LogP contribution is 2.22. The Morgan fingerprint density at radius 3 is 2.88 bits per heavy atom. The fourth-order valence-electron chi connectivity index (χ4n) is 2.45. The fraction of sp³-hybridized carbons (Fsp3) is 0.278. The van der Waals surface area contributed by atoms with Gasteiger partial charge in [-0.1, -0.05) is 36.4 Å². The monoisotopic (exact) mass is 404 g/mol. The minimum atomic E-state index is 0.0329. The number of thiophene rings is 1. The summed E-state index contributed by atoms with van der Waals surface area (Å²) in [4.78, 5) is 13.1. The van der Waals surface area contributed by atoms with E-state index in [4.69, 9.17) is 12.2 Å². The lowest BCUT2D eigenvalue weighted by Crippen LogP contribution is -2.26. The van der Waals surface area contributed by atoms with Crippen LogP contribution in [0.25, 0.3) is 10.7 Å². The van der Waals surface area contributed by atoms with Crippen molar-refractivity contribution >= 4 is 41.2 Å². The van der Waals surface area contributed by atoms with Crippen molar-refractivity contribution in [1.29, 1.82) is 0 Å². The minimum Gasteiger partial charge on any atom is -0.355 e. The number of aromatic nitrogens is 3. The summed E-state index contributed by atoms with van der Waals surface area (Å²) in [6.07, 6.45) is 0.384. The molecule has 0 aliphatic rings. The molecule has 2 N–H and O–H groups in total. The topological polar surface area (TPSA) is 62.7 Å². The molecular weight excluding hydrogens is 384 g/mol. The Morgan fingerprint density at radius 1 is 1.27 bits per heavy atom. The lowest BCUT2D eigenvalue weighted by Gasteiger charge is -2.07. The standard InChI is InChI=1S/C18H20N4OS3/c23-16(19-9-12-25-13-14-5-2-1-3-6-14)8-10-22-17(20-21-18(22)24)15-7-4-11-26-15/h1-7,11H,8-10,12-13H2,(H,19,23)(H,21,24). The van der Waals surface area contributed by atoms with Gasteiger partial charge in [-0.25, -0.2) is 0 Å². The highest BCUT2D eigenvalue weighted by atomic mass is 32.2. The van der Waals surface area contributed by atoms with E-state index in [1.165, 1.54) is 5.56 Å². The van der Waals surface area contributed by atoms with Gasteiger partial charge in [0.05, 0.1) is 4.88 Å². The predicted octanol–water partition coefficient (Wildman–Crippen LogP) is 4.11. The van der Waals surface area contributed by atoms with Crippen molar-refractivity contribution in [3.8, 4) is 10.7 Å². The molecule has 0 saturated carbocycles. The van der Waals surface area contributed by atoms with Crippen LogP contribution in [0.5, 0.6) is 0 Å². The van der Waals surface area contributed by atoms with Crippen LogP contribution < -0.4 is 5.32 Å². The molecule has 0 spiro atoms. The Labute approximate surface area is 165 Å². The Hall–Kier alpha value is -1.90. The van der Waals surface area contributed by atoms with Gasteiger partial charge in [0, 0.05) is 31.0 Å². The van der Waals surface area contributed by atoms with Crippen LogP contribution in [0, 0.1) is 4.77 Å². The number of H-pyrrole nitrogens is 1. The van der Waals surface area contributed by atoms with Crippen LogP contribution in [0.3, 0.4) is 0 Å². The van der Waals surface area contributed by atoms with Gasteiger partial charge in [-0.3, -0.25) is 14.5 Å². The second kappa shape index (κ2) is 9.70. The highest BCUT2D eigenvalue weighted by Gasteiger charge is 2.11. The molecule has 5 nitrogen and oxygen atoms in total. The lowest BCUT2D eigenvalue weighted by atomic mass is 10.2. The van der Waals surface area contributed by atoms with Crippen LogP contribution in [-0.4, -0.2) is 33.0 Å². The average Bonchev–Trinajstić information content (AvgIpc) is 3.30. The van der Waals surface area contributed by atoms with E-state index in [2.05, 4.69) is 27.6 Å². The van der Waals surface area contributed by atoms with Crippen molar-refractivity contribution in [1.82, 2.24) is 20.1 Å². The molecule has 2 aromatic heterocycles. The zero-order valence-electron chi connectivity index (χ0n) is 14.2. The van der Waals surface area contributed by atoms with Gasteiger partial charge in [-0.15, -0.1) is 11.3 Å². The normalized spacial score (nSPS) is 10.8. The number of amides is 1. The van der Waals surface area contributed by atoms with Crippen molar-refractivity contribution in [3.63, 3.8) is 0 Å². The summed E-state index contributed by atoms with van der Waals surface area (Å²) in [5.74, 6) is 2.68. The Bertz CT molecular complexity index is 871. The molecule has 0 fully saturated rings. The van der Waals surface area contributed by atoms with Gasteiger partial charge in [0.1, 0.15) is 0 Å². The molecular formula is C18H20N4OS3. The summed E-state index contributed by atoms with van der Waals surface area (Å²) < 4.78 is 2.42. The quantitative estimate of drug-likeness (QED) is 0.416. The smallest absolute Gasteiger partial charge is 0.221 e. The lowest BCUT2D eigenvalue weighted by molar-refractivity contribution is -0.121. The van der Waals surface area contributed by atoms with Crippen molar-refractivity contribution in [2.24, 2.45) is 0 Å². The van der Waals surface area contributed by atoms with E-state index >= 15 is 0 Å². The maximum Gasteiger partial charge on any atom is 0.221 e. The number of carbonyl (C=O) groups is 1. The first-order valence-corrected chi connectivity index (χ1v) is 10.8. The Balaban J connectivity index is 1.40. The number of carbonyl (C=O) groups excluding carboxylic acids is 1. The van der Waals surface area contributed by atoms with E-state index < -0.39 is 0 Å². The number of nitrogens with one attached hydrogen (secondary N) is 2. The second-order valence-electron chi connectivity index (χ2n) is 5.62. The average molecular weight is 405 g/mol. The SMILES string of the molecule is O=C(CCn1c(-c2cccs2)n[nH]c1=S)NCCSCc1ccccc1. The number of benzene rings is 1. The van der Waals surface area contributed by atoms with Crippen molar-refractivity contribution < 1.29 is 4.79 Å². The van der Waals surface area contributed by atoms with Gasteiger partial charge in [0.25, 0.3) is 0 Å². The van der Waals surface area contributed by atoms with Crippen LogP contribution in [0.15, 0.2) is 47.8 Å². The number of nitrogens with zero attached hydrogens (tertiary/aromatic N) is 2. The van der Waals surface area contributed by atoms with Crippen molar-refractivity contribution in [2.45, 2.75) is 18.7 Å². The highest BCUT2D eigenvalue weighted by molar-refractivity contribution is 7.98. The Morgan fingerprint density at radius 2 is 2.12 bits per heavy atom. The number of thioether (sulfide) groups is 1. The van der Waals surface area contributed by atoms with E-state index in [0.29, 0.717) is 24.3 Å².